The topological polar surface area (TPSA) is 53.5 Å². The van der Waals surface area contributed by atoms with Gasteiger partial charge in [-0.05, 0) is 19.8 Å². The minimum absolute atomic E-state index is 0.385. The second-order valence-electron chi connectivity index (χ2n) is 7.13. The van der Waals surface area contributed by atoms with Crippen molar-refractivity contribution in [3.05, 3.63) is 11.8 Å². The molecule has 0 bridgehead atoms. The van der Waals surface area contributed by atoms with Crippen molar-refractivity contribution >= 4 is 11.8 Å². The average molecular weight is 319 g/mol. The zero-order valence-corrected chi connectivity index (χ0v) is 14.7. The van der Waals surface area contributed by atoms with Crippen LogP contribution in [-0.4, -0.2) is 66.3 Å². The van der Waals surface area contributed by atoms with Gasteiger partial charge in [-0.1, -0.05) is 13.8 Å². The molecular weight excluding hydrogens is 290 g/mol. The fourth-order valence-corrected chi connectivity index (χ4v) is 2.93. The molecule has 1 aromatic rings. The highest BCUT2D eigenvalue weighted by Crippen LogP contribution is 2.22. The minimum Gasteiger partial charge on any atom is -0.377 e. The first-order valence-corrected chi connectivity index (χ1v) is 8.75. The SMILES string of the molecule is CC(C)c1cc(NC2COC2)nc(N2CCN(C(C)C)CC2)n1. The third kappa shape index (κ3) is 3.93. The molecule has 3 heterocycles. The van der Waals surface area contributed by atoms with Crippen LogP contribution in [0.1, 0.15) is 39.3 Å². The number of hydrogen-bond acceptors (Lipinski definition) is 6. The molecular formula is C17H29N5O. The van der Waals surface area contributed by atoms with Crippen LogP contribution < -0.4 is 10.2 Å². The lowest BCUT2D eigenvalue weighted by Crippen LogP contribution is -2.49. The molecule has 128 valence electrons. The molecule has 0 amide bonds. The van der Waals surface area contributed by atoms with Crippen molar-refractivity contribution in [3.63, 3.8) is 0 Å². The standard InChI is InChI=1S/C17H29N5O/c1-12(2)15-9-16(18-14-10-23-11-14)20-17(19-15)22-7-5-21(6-8-22)13(3)4/h9,12-14H,5-8,10-11H2,1-4H3,(H,18,19,20). The Morgan fingerprint density at radius 3 is 2.30 bits per heavy atom. The van der Waals surface area contributed by atoms with Gasteiger partial charge >= 0.3 is 0 Å². The predicted octanol–water partition coefficient (Wildman–Crippen LogP) is 1.94. The van der Waals surface area contributed by atoms with Crippen LogP contribution in [0.5, 0.6) is 0 Å². The molecule has 0 aliphatic carbocycles. The number of nitrogens with zero attached hydrogens (tertiary/aromatic N) is 4. The van der Waals surface area contributed by atoms with Crippen LogP contribution in [0.2, 0.25) is 0 Å². The summed E-state index contributed by atoms with van der Waals surface area (Å²) >= 11 is 0. The Morgan fingerprint density at radius 2 is 1.78 bits per heavy atom. The highest BCUT2D eigenvalue weighted by Gasteiger charge is 2.23. The van der Waals surface area contributed by atoms with Crippen molar-refractivity contribution in [1.82, 2.24) is 14.9 Å². The maximum absolute atomic E-state index is 5.24. The van der Waals surface area contributed by atoms with Crippen LogP contribution in [-0.2, 0) is 4.74 Å². The summed E-state index contributed by atoms with van der Waals surface area (Å²) in [5.41, 5.74) is 1.10. The first-order valence-electron chi connectivity index (χ1n) is 8.75. The van der Waals surface area contributed by atoms with E-state index < -0.39 is 0 Å². The van der Waals surface area contributed by atoms with Crippen LogP contribution in [0.25, 0.3) is 0 Å². The van der Waals surface area contributed by atoms with Gasteiger partial charge in [0.15, 0.2) is 0 Å². The van der Waals surface area contributed by atoms with Crippen molar-refractivity contribution in [3.8, 4) is 0 Å². The molecule has 6 heteroatoms. The Labute approximate surface area is 139 Å². The van der Waals surface area contributed by atoms with Crippen LogP contribution >= 0.6 is 0 Å². The molecule has 2 aliphatic heterocycles. The van der Waals surface area contributed by atoms with Gasteiger partial charge in [0.2, 0.25) is 5.95 Å². The van der Waals surface area contributed by atoms with Crippen molar-refractivity contribution in [1.29, 1.82) is 0 Å². The van der Waals surface area contributed by atoms with Gasteiger partial charge < -0.3 is 15.0 Å². The zero-order valence-electron chi connectivity index (χ0n) is 14.7. The first kappa shape index (κ1) is 16.5. The average Bonchev–Trinajstić information content (AvgIpc) is 2.50. The lowest BCUT2D eigenvalue weighted by atomic mass is 10.1. The molecule has 1 N–H and O–H groups in total. The highest BCUT2D eigenvalue weighted by atomic mass is 16.5. The van der Waals surface area contributed by atoms with Crippen LogP contribution in [0.3, 0.4) is 0 Å². The summed E-state index contributed by atoms with van der Waals surface area (Å²) < 4.78 is 5.24. The number of nitrogens with one attached hydrogen (secondary N) is 1. The second kappa shape index (κ2) is 7.01. The van der Waals surface area contributed by atoms with E-state index in [0.29, 0.717) is 18.0 Å². The lowest BCUT2D eigenvalue weighted by Gasteiger charge is -2.37. The Balaban J connectivity index is 1.74. The summed E-state index contributed by atoms with van der Waals surface area (Å²) in [5, 5.41) is 3.47. The van der Waals surface area contributed by atoms with Crippen LogP contribution in [0, 0.1) is 0 Å². The Morgan fingerprint density at radius 1 is 1.09 bits per heavy atom. The third-order valence-electron chi connectivity index (χ3n) is 4.64. The predicted molar refractivity (Wildman–Crippen MR) is 93.3 cm³/mol. The molecule has 2 saturated heterocycles. The van der Waals surface area contributed by atoms with E-state index in [1.807, 2.05) is 0 Å². The quantitative estimate of drug-likeness (QED) is 0.895. The van der Waals surface area contributed by atoms with Gasteiger partial charge in [-0.25, -0.2) is 4.98 Å². The number of rotatable bonds is 5. The third-order valence-corrected chi connectivity index (χ3v) is 4.64. The van der Waals surface area contributed by atoms with Gasteiger partial charge in [-0.2, -0.15) is 4.98 Å². The van der Waals surface area contributed by atoms with Gasteiger partial charge in [-0.15, -0.1) is 0 Å². The normalized spacial score (nSPS) is 20.2. The molecule has 0 saturated carbocycles. The number of aromatic nitrogens is 2. The fraction of sp³-hybridized carbons (Fsp3) is 0.765. The summed E-state index contributed by atoms with van der Waals surface area (Å²) in [7, 11) is 0. The molecule has 1 aromatic heterocycles. The molecule has 23 heavy (non-hydrogen) atoms. The summed E-state index contributed by atoms with van der Waals surface area (Å²) in [5.74, 6) is 2.19. The summed E-state index contributed by atoms with van der Waals surface area (Å²) in [4.78, 5) is 14.4. The molecule has 0 aromatic carbocycles. The van der Waals surface area contributed by atoms with E-state index >= 15 is 0 Å². The maximum atomic E-state index is 5.24. The van der Waals surface area contributed by atoms with Gasteiger partial charge in [0.25, 0.3) is 0 Å². The van der Waals surface area contributed by atoms with E-state index in [0.717, 1.165) is 56.9 Å². The molecule has 0 atom stereocenters. The van der Waals surface area contributed by atoms with E-state index in [4.69, 9.17) is 14.7 Å². The summed E-state index contributed by atoms with van der Waals surface area (Å²) in [6, 6.07) is 3.07. The Hall–Kier alpha value is -1.40. The van der Waals surface area contributed by atoms with E-state index in [-0.39, 0.29) is 0 Å². The fourth-order valence-electron chi connectivity index (χ4n) is 2.93. The van der Waals surface area contributed by atoms with Crippen LogP contribution in [0.4, 0.5) is 11.8 Å². The van der Waals surface area contributed by atoms with Crippen molar-refractivity contribution in [2.24, 2.45) is 0 Å². The molecule has 0 radical (unpaired) electrons. The number of piperazine rings is 1. The molecule has 6 nitrogen and oxygen atoms in total. The molecule has 0 spiro atoms. The molecule has 3 rings (SSSR count). The van der Waals surface area contributed by atoms with Crippen molar-refractivity contribution in [2.75, 3.05) is 49.6 Å². The van der Waals surface area contributed by atoms with Gasteiger partial charge in [0.1, 0.15) is 5.82 Å². The first-order chi connectivity index (χ1) is 11.0. The Bertz CT molecular complexity index is 522. The maximum Gasteiger partial charge on any atom is 0.227 e. The molecule has 0 unspecified atom stereocenters. The van der Waals surface area contributed by atoms with Crippen molar-refractivity contribution < 1.29 is 4.74 Å². The monoisotopic (exact) mass is 319 g/mol. The van der Waals surface area contributed by atoms with Gasteiger partial charge in [0.05, 0.1) is 24.9 Å². The number of hydrogen-bond donors (Lipinski definition) is 1. The lowest BCUT2D eigenvalue weighted by molar-refractivity contribution is 0.0209. The van der Waals surface area contributed by atoms with Crippen molar-refractivity contribution in [2.45, 2.75) is 45.7 Å². The van der Waals surface area contributed by atoms with Gasteiger partial charge in [0, 0.05) is 38.3 Å². The molecule has 2 fully saturated rings. The highest BCUT2D eigenvalue weighted by molar-refractivity contribution is 5.45. The summed E-state index contributed by atoms with van der Waals surface area (Å²) in [6.45, 7) is 14.5. The summed E-state index contributed by atoms with van der Waals surface area (Å²) in [6.07, 6.45) is 0. The number of ether oxygens (including phenoxy) is 1. The Kier molecular flexibility index (Phi) is 5.02. The smallest absolute Gasteiger partial charge is 0.227 e. The second-order valence-corrected chi connectivity index (χ2v) is 7.13. The minimum atomic E-state index is 0.385. The van der Waals surface area contributed by atoms with Crippen LogP contribution in [0.15, 0.2) is 6.07 Å². The van der Waals surface area contributed by atoms with E-state index in [1.165, 1.54) is 0 Å². The largest absolute Gasteiger partial charge is 0.377 e. The zero-order chi connectivity index (χ0) is 16.4. The van der Waals surface area contributed by atoms with E-state index in [2.05, 4.69) is 48.9 Å². The molecule has 2 aliphatic rings. The number of anilines is 2. The van der Waals surface area contributed by atoms with E-state index in [9.17, 15) is 0 Å². The van der Waals surface area contributed by atoms with E-state index in [1.54, 1.807) is 0 Å². The van der Waals surface area contributed by atoms with Gasteiger partial charge in [-0.3, -0.25) is 4.90 Å².